The maximum absolute atomic E-state index is 12.4. The Morgan fingerprint density at radius 1 is 1.36 bits per heavy atom. The topological polar surface area (TPSA) is 70.1 Å². The normalized spacial score (nSPS) is 17.5. The van der Waals surface area contributed by atoms with Gasteiger partial charge in [-0.2, -0.15) is 5.10 Å². The van der Waals surface area contributed by atoms with Gasteiger partial charge < -0.3 is 10.5 Å². The number of carbonyl (C=O) groups excluding carboxylic acids is 1. The van der Waals surface area contributed by atoms with Gasteiger partial charge in [0.15, 0.2) is 5.54 Å². The number of anilines is 1. The smallest absolute Gasteiger partial charge is 0.333 e. The van der Waals surface area contributed by atoms with Gasteiger partial charge in [0.05, 0.1) is 12.6 Å². The number of aromatic nitrogens is 2. The van der Waals surface area contributed by atoms with E-state index in [0.29, 0.717) is 0 Å². The Morgan fingerprint density at radius 3 is 2.73 bits per heavy atom. The second kappa shape index (κ2) is 5.63. The molecular weight excluding hydrogens is 278 g/mol. The van der Waals surface area contributed by atoms with Crippen LogP contribution in [0.3, 0.4) is 0 Å². The number of nitrogens with zero attached hydrogens (tertiary/aromatic N) is 2. The Hall–Kier alpha value is -2.04. The molecule has 0 saturated heterocycles. The van der Waals surface area contributed by atoms with Crippen molar-refractivity contribution >= 4 is 22.6 Å². The number of carbonyl (C=O) groups is 1. The Balaban J connectivity index is 2.12. The summed E-state index contributed by atoms with van der Waals surface area (Å²) in [7, 11) is 1.45. The Kier molecular flexibility index (Phi) is 3.81. The third kappa shape index (κ3) is 2.25. The first-order chi connectivity index (χ1) is 10.6. The van der Waals surface area contributed by atoms with Crippen molar-refractivity contribution in [1.29, 1.82) is 0 Å². The lowest BCUT2D eigenvalue weighted by Gasteiger charge is -2.34. The van der Waals surface area contributed by atoms with Crippen LogP contribution in [-0.2, 0) is 21.5 Å². The van der Waals surface area contributed by atoms with E-state index in [-0.39, 0.29) is 5.97 Å². The molecule has 2 N–H and O–H groups in total. The molecule has 1 aromatic heterocycles. The van der Waals surface area contributed by atoms with Crippen molar-refractivity contribution in [3.05, 3.63) is 23.9 Å². The maximum Gasteiger partial charge on any atom is 0.333 e. The fourth-order valence-electron chi connectivity index (χ4n) is 3.51. The minimum atomic E-state index is -0.660. The van der Waals surface area contributed by atoms with Gasteiger partial charge in [-0.1, -0.05) is 26.2 Å². The molecule has 5 nitrogen and oxygen atoms in total. The van der Waals surface area contributed by atoms with E-state index in [2.05, 4.69) is 12.0 Å². The molecule has 1 aromatic carbocycles. The number of nitrogens with two attached hydrogens (primary N) is 1. The predicted octanol–water partition coefficient (Wildman–Crippen LogP) is 3.01. The van der Waals surface area contributed by atoms with E-state index >= 15 is 0 Å². The van der Waals surface area contributed by atoms with Crippen LogP contribution in [0.15, 0.2) is 18.3 Å². The molecule has 3 rings (SSSR count). The van der Waals surface area contributed by atoms with Crippen molar-refractivity contribution in [2.45, 2.75) is 51.0 Å². The Morgan fingerprint density at radius 2 is 2.09 bits per heavy atom. The van der Waals surface area contributed by atoms with Crippen molar-refractivity contribution in [3.8, 4) is 0 Å². The molecule has 0 spiro atoms. The molecule has 5 heteroatoms. The minimum Gasteiger partial charge on any atom is -0.467 e. The molecule has 0 atom stereocenters. The largest absolute Gasteiger partial charge is 0.467 e. The van der Waals surface area contributed by atoms with E-state index in [1.54, 1.807) is 0 Å². The number of fused-ring (bicyclic) bond motifs is 1. The van der Waals surface area contributed by atoms with Crippen molar-refractivity contribution in [3.63, 3.8) is 0 Å². The highest BCUT2D eigenvalue weighted by Gasteiger charge is 2.43. The van der Waals surface area contributed by atoms with Crippen LogP contribution in [0.1, 0.15) is 44.6 Å². The average molecular weight is 301 g/mol. The van der Waals surface area contributed by atoms with Crippen LogP contribution in [0, 0.1) is 0 Å². The van der Waals surface area contributed by atoms with E-state index in [1.165, 1.54) is 7.11 Å². The number of hydrogen-bond donors (Lipinski definition) is 1. The van der Waals surface area contributed by atoms with Gasteiger partial charge in [-0.3, -0.25) is 4.68 Å². The van der Waals surface area contributed by atoms with Gasteiger partial charge in [0.25, 0.3) is 0 Å². The summed E-state index contributed by atoms with van der Waals surface area (Å²) in [5.74, 6) is -0.191. The summed E-state index contributed by atoms with van der Waals surface area (Å²) in [6.45, 7) is 2.07. The molecule has 1 saturated carbocycles. The van der Waals surface area contributed by atoms with Crippen LogP contribution in [0.5, 0.6) is 0 Å². The third-order valence-electron chi connectivity index (χ3n) is 4.83. The number of methoxy groups -OCH3 is 1. The summed E-state index contributed by atoms with van der Waals surface area (Å²) in [5, 5.41) is 5.66. The number of rotatable bonds is 3. The molecule has 1 fully saturated rings. The summed E-state index contributed by atoms with van der Waals surface area (Å²) < 4.78 is 6.91. The molecular formula is C17H23N3O2. The van der Waals surface area contributed by atoms with E-state index in [9.17, 15) is 4.79 Å². The molecule has 2 aromatic rings. The number of nitrogen functional groups attached to an aromatic ring is 1. The van der Waals surface area contributed by atoms with Crippen molar-refractivity contribution in [1.82, 2.24) is 9.78 Å². The number of esters is 1. The van der Waals surface area contributed by atoms with Gasteiger partial charge in [-0.25, -0.2) is 4.79 Å². The second-order valence-corrected chi connectivity index (χ2v) is 6.12. The Bertz CT molecular complexity index is 699. The summed E-state index contributed by atoms with van der Waals surface area (Å²) in [5.41, 5.74) is 8.18. The van der Waals surface area contributed by atoms with Crippen LogP contribution in [0.4, 0.5) is 5.69 Å². The van der Waals surface area contributed by atoms with E-state index in [4.69, 9.17) is 10.5 Å². The lowest BCUT2D eigenvalue weighted by atomic mass is 9.82. The molecule has 22 heavy (non-hydrogen) atoms. The van der Waals surface area contributed by atoms with Gasteiger partial charge in [0.2, 0.25) is 0 Å². The lowest BCUT2D eigenvalue weighted by molar-refractivity contribution is -0.154. The summed E-state index contributed by atoms with van der Waals surface area (Å²) >= 11 is 0. The Labute approximate surface area is 130 Å². The zero-order valence-electron chi connectivity index (χ0n) is 13.3. The zero-order chi connectivity index (χ0) is 15.7. The van der Waals surface area contributed by atoms with Gasteiger partial charge in [0, 0.05) is 17.3 Å². The fraction of sp³-hybridized carbons (Fsp3) is 0.529. The predicted molar refractivity (Wildman–Crippen MR) is 86.6 cm³/mol. The second-order valence-electron chi connectivity index (χ2n) is 6.12. The molecule has 1 aliphatic carbocycles. The molecule has 0 radical (unpaired) electrons. The van der Waals surface area contributed by atoms with Crippen LogP contribution < -0.4 is 5.73 Å². The number of aryl methyl sites for hydroxylation is 1. The molecule has 1 heterocycles. The number of hydrogen-bond acceptors (Lipinski definition) is 4. The van der Waals surface area contributed by atoms with Crippen LogP contribution in [0.2, 0.25) is 0 Å². The maximum atomic E-state index is 12.4. The van der Waals surface area contributed by atoms with Gasteiger partial charge in [-0.05, 0) is 37.0 Å². The van der Waals surface area contributed by atoms with Crippen LogP contribution >= 0.6 is 0 Å². The number of ether oxygens (including phenoxy) is 1. The van der Waals surface area contributed by atoms with Crippen molar-refractivity contribution in [2.75, 3.05) is 12.8 Å². The SMILES string of the molecule is CCc1cc2nn(C3(C(=O)OC)CCCCC3)cc2cc1N. The van der Waals surface area contributed by atoms with E-state index in [1.807, 2.05) is 23.0 Å². The van der Waals surface area contributed by atoms with Crippen molar-refractivity contribution < 1.29 is 9.53 Å². The quantitative estimate of drug-likeness (QED) is 0.699. The van der Waals surface area contributed by atoms with Crippen molar-refractivity contribution in [2.24, 2.45) is 0 Å². The fourth-order valence-corrected chi connectivity index (χ4v) is 3.51. The first-order valence-corrected chi connectivity index (χ1v) is 7.97. The lowest BCUT2D eigenvalue weighted by Crippen LogP contribution is -2.44. The third-order valence-corrected chi connectivity index (χ3v) is 4.83. The summed E-state index contributed by atoms with van der Waals surface area (Å²) in [4.78, 5) is 12.4. The zero-order valence-corrected chi connectivity index (χ0v) is 13.3. The molecule has 0 amide bonds. The highest BCUT2D eigenvalue weighted by molar-refractivity contribution is 5.85. The van der Waals surface area contributed by atoms with Gasteiger partial charge in [0.1, 0.15) is 0 Å². The van der Waals surface area contributed by atoms with Gasteiger partial charge >= 0.3 is 5.97 Å². The standard InChI is InChI=1S/C17H23N3O2/c1-3-12-10-15-13(9-14(12)18)11-20(19-15)17(16(21)22-2)7-5-4-6-8-17/h9-11H,3-8,18H2,1-2H3. The molecule has 0 aliphatic heterocycles. The first kappa shape index (κ1) is 14.9. The molecule has 1 aliphatic rings. The first-order valence-electron chi connectivity index (χ1n) is 7.97. The van der Waals surface area contributed by atoms with Crippen LogP contribution in [-0.4, -0.2) is 22.9 Å². The minimum absolute atomic E-state index is 0.191. The van der Waals surface area contributed by atoms with E-state index < -0.39 is 5.54 Å². The van der Waals surface area contributed by atoms with Gasteiger partial charge in [-0.15, -0.1) is 0 Å². The highest BCUT2D eigenvalue weighted by Crippen LogP contribution is 2.37. The van der Waals surface area contributed by atoms with Crippen LogP contribution in [0.25, 0.3) is 10.9 Å². The molecule has 118 valence electrons. The highest BCUT2D eigenvalue weighted by atomic mass is 16.5. The summed E-state index contributed by atoms with van der Waals surface area (Å²) in [6.07, 6.45) is 7.57. The molecule has 0 bridgehead atoms. The molecule has 0 unspecified atom stereocenters. The number of benzene rings is 1. The van der Waals surface area contributed by atoms with E-state index in [0.717, 1.165) is 60.7 Å². The monoisotopic (exact) mass is 301 g/mol. The summed E-state index contributed by atoms with van der Waals surface area (Å²) in [6, 6.07) is 3.97. The average Bonchev–Trinajstić information content (AvgIpc) is 2.97.